The maximum Gasteiger partial charge on any atom is 0.237 e. The number of nitrogens with one attached hydrogen (secondary N) is 2. The summed E-state index contributed by atoms with van der Waals surface area (Å²) in [4.78, 5) is 12.6. The highest BCUT2D eigenvalue weighted by molar-refractivity contribution is 7.99. The zero-order valence-corrected chi connectivity index (χ0v) is 16.4. The molecule has 2 aliphatic heterocycles. The maximum absolute atomic E-state index is 12.6. The van der Waals surface area contributed by atoms with Crippen molar-refractivity contribution in [3.8, 4) is 0 Å². The van der Waals surface area contributed by atoms with Gasteiger partial charge in [0, 0.05) is 0 Å². The van der Waals surface area contributed by atoms with Crippen LogP contribution in [0.3, 0.4) is 0 Å². The Labute approximate surface area is 158 Å². The first-order chi connectivity index (χ1) is 12.3. The van der Waals surface area contributed by atoms with Gasteiger partial charge >= 0.3 is 0 Å². The van der Waals surface area contributed by atoms with Gasteiger partial charge in [0.05, 0.1) is 18.2 Å². The van der Waals surface area contributed by atoms with E-state index in [2.05, 4.69) is 17.6 Å². The summed E-state index contributed by atoms with van der Waals surface area (Å²) in [5.74, 6) is 0.196. The van der Waals surface area contributed by atoms with E-state index in [1.165, 1.54) is 18.7 Å². The number of carbonyl (C=O) groups is 1. The van der Waals surface area contributed by atoms with Crippen LogP contribution in [0.2, 0.25) is 0 Å². The predicted molar refractivity (Wildman–Crippen MR) is 98.6 cm³/mol. The van der Waals surface area contributed by atoms with Crippen molar-refractivity contribution in [3.63, 3.8) is 0 Å². The summed E-state index contributed by atoms with van der Waals surface area (Å²) in [7, 11) is 0. The topological polar surface area (TPSA) is 131 Å². The minimum atomic E-state index is -1.42. The molecular weight excluding hydrogens is 360 g/mol. The number of aliphatic hydroxyl groups excluding tert-OH is 4. The summed E-state index contributed by atoms with van der Waals surface area (Å²) in [6.45, 7) is 4.39. The Kier molecular flexibility index (Phi) is 8.14. The number of hydrogen-bond acceptors (Lipinski definition) is 8. The van der Waals surface area contributed by atoms with Crippen molar-refractivity contribution in [2.45, 2.75) is 81.1 Å². The van der Waals surface area contributed by atoms with Gasteiger partial charge in [-0.2, -0.15) is 0 Å². The van der Waals surface area contributed by atoms with Gasteiger partial charge in [-0.25, -0.2) is 0 Å². The Bertz CT molecular complexity index is 467. The Morgan fingerprint density at radius 1 is 1.31 bits per heavy atom. The molecule has 26 heavy (non-hydrogen) atoms. The number of amides is 1. The van der Waals surface area contributed by atoms with Gasteiger partial charge in [0.25, 0.3) is 0 Å². The second-order valence-corrected chi connectivity index (χ2v) is 8.24. The Hall–Kier alpha value is -0.420. The van der Waals surface area contributed by atoms with Gasteiger partial charge in [0.15, 0.2) is 0 Å². The molecule has 0 spiro atoms. The Morgan fingerprint density at radius 2 is 2.00 bits per heavy atom. The first-order valence-corrected chi connectivity index (χ1v) is 10.5. The lowest BCUT2D eigenvalue weighted by Crippen LogP contribution is -2.65. The van der Waals surface area contributed by atoms with Crippen LogP contribution in [0.25, 0.3) is 0 Å². The summed E-state index contributed by atoms with van der Waals surface area (Å²) in [5.41, 5.74) is -0.755. The number of rotatable bonds is 7. The van der Waals surface area contributed by atoms with Crippen molar-refractivity contribution < 1.29 is 30.0 Å². The van der Waals surface area contributed by atoms with E-state index in [0.717, 1.165) is 25.8 Å². The number of thioether (sulfide) groups is 1. The molecule has 9 heteroatoms. The zero-order valence-electron chi connectivity index (χ0n) is 15.5. The van der Waals surface area contributed by atoms with Crippen LogP contribution >= 0.6 is 11.8 Å². The molecule has 0 aromatic rings. The zero-order chi connectivity index (χ0) is 19.4. The van der Waals surface area contributed by atoms with Crippen LogP contribution in [0.4, 0.5) is 0 Å². The SMILES string of the molecule is CCC[C@@H]1CN[C@H](C(=O)N[C@@H]([C@@H]2O[C@H](SC)[C@H](O)[C@H](O)[C@H]2O)[C@@H](C)O)C1. The minimum absolute atomic E-state index is 0.258. The molecule has 9 atom stereocenters. The molecule has 2 fully saturated rings. The lowest BCUT2D eigenvalue weighted by atomic mass is 9.92. The van der Waals surface area contributed by atoms with Crippen molar-refractivity contribution >= 4 is 17.7 Å². The molecular formula is C17H32N2O6S. The van der Waals surface area contributed by atoms with Gasteiger partial charge in [-0.3, -0.25) is 4.79 Å². The summed E-state index contributed by atoms with van der Waals surface area (Å²) < 4.78 is 5.69. The molecule has 2 aliphatic rings. The first kappa shape index (κ1) is 21.9. The van der Waals surface area contributed by atoms with Crippen LogP contribution in [0.1, 0.15) is 33.1 Å². The standard InChI is InChI=1S/C17H32N2O6S/c1-4-5-9-6-10(18-7-9)16(24)19-11(8(2)20)15-13(22)12(21)14(23)17(25-15)26-3/h8-15,17-18,20-23H,4-7H2,1-3H3,(H,19,24)/t8-,9+,10+,11-,12-,13-,14-,15+,17-/m1/s1. The molecule has 0 aromatic heterocycles. The average molecular weight is 393 g/mol. The van der Waals surface area contributed by atoms with E-state index in [1.807, 2.05) is 0 Å². The van der Waals surface area contributed by atoms with Crippen LogP contribution in [0.5, 0.6) is 0 Å². The van der Waals surface area contributed by atoms with Crippen molar-refractivity contribution in [1.82, 2.24) is 10.6 Å². The van der Waals surface area contributed by atoms with Crippen molar-refractivity contribution in [2.24, 2.45) is 5.92 Å². The quantitative estimate of drug-likeness (QED) is 0.319. The van der Waals surface area contributed by atoms with E-state index < -0.39 is 42.0 Å². The fourth-order valence-corrected chi connectivity index (χ4v) is 4.42. The summed E-state index contributed by atoms with van der Waals surface area (Å²) in [6, 6.07) is -1.25. The highest BCUT2D eigenvalue weighted by atomic mass is 32.2. The molecule has 0 unspecified atom stereocenters. The van der Waals surface area contributed by atoms with Crippen LogP contribution in [0, 0.1) is 5.92 Å². The Balaban J connectivity index is 2.05. The molecule has 2 rings (SSSR count). The average Bonchev–Trinajstić information content (AvgIpc) is 3.07. The molecule has 0 aromatic carbocycles. The van der Waals surface area contributed by atoms with Crippen molar-refractivity contribution in [1.29, 1.82) is 0 Å². The van der Waals surface area contributed by atoms with Crippen LogP contribution in [0.15, 0.2) is 0 Å². The van der Waals surface area contributed by atoms with Gasteiger partial charge in [0.2, 0.25) is 5.91 Å². The number of aliphatic hydroxyl groups is 4. The normalized spacial score (nSPS) is 40.2. The Morgan fingerprint density at radius 3 is 2.58 bits per heavy atom. The van der Waals surface area contributed by atoms with E-state index in [1.54, 1.807) is 6.26 Å². The second-order valence-electron chi connectivity index (χ2n) is 7.30. The van der Waals surface area contributed by atoms with Crippen LogP contribution < -0.4 is 10.6 Å². The molecule has 2 saturated heterocycles. The predicted octanol–water partition coefficient (Wildman–Crippen LogP) is -1.20. The summed E-state index contributed by atoms with van der Waals surface area (Å²) >= 11 is 1.19. The molecule has 0 saturated carbocycles. The van der Waals surface area contributed by atoms with Gasteiger partial charge in [-0.05, 0) is 38.5 Å². The smallest absolute Gasteiger partial charge is 0.237 e. The lowest BCUT2D eigenvalue weighted by molar-refractivity contribution is -0.211. The van der Waals surface area contributed by atoms with Crippen LogP contribution in [-0.4, -0.2) is 87.2 Å². The van der Waals surface area contributed by atoms with Crippen molar-refractivity contribution in [3.05, 3.63) is 0 Å². The van der Waals surface area contributed by atoms with E-state index in [-0.39, 0.29) is 11.9 Å². The van der Waals surface area contributed by atoms with Crippen molar-refractivity contribution in [2.75, 3.05) is 12.8 Å². The third kappa shape index (κ3) is 4.89. The molecule has 152 valence electrons. The van der Waals surface area contributed by atoms with E-state index in [9.17, 15) is 25.2 Å². The first-order valence-electron chi connectivity index (χ1n) is 9.24. The third-order valence-electron chi connectivity index (χ3n) is 5.26. The number of carbonyl (C=O) groups excluding carboxylic acids is 1. The summed E-state index contributed by atoms with van der Waals surface area (Å²) in [5, 5.41) is 46.5. The van der Waals surface area contributed by atoms with E-state index in [0.29, 0.717) is 5.92 Å². The molecule has 0 aliphatic carbocycles. The molecule has 1 amide bonds. The monoisotopic (exact) mass is 392 g/mol. The molecule has 0 radical (unpaired) electrons. The van der Waals surface area contributed by atoms with E-state index >= 15 is 0 Å². The minimum Gasteiger partial charge on any atom is -0.391 e. The van der Waals surface area contributed by atoms with Crippen LogP contribution in [-0.2, 0) is 9.53 Å². The highest BCUT2D eigenvalue weighted by Gasteiger charge is 2.48. The van der Waals surface area contributed by atoms with Gasteiger partial charge < -0.3 is 35.8 Å². The van der Waals surface area contributed by atoms with Gasteiger partial charge in [-0.15, -0.1) is 11.8 Å². The fourth-order valence-electron chi connectivity index (χ4n) is 3.74. The lowest BCUT2D eigenvalue weighted by Gasteiger charge is -2.44. The van der Waals surface area contributed by atoms with Gasteiger partial charge in [-0.1, -0.05) is 13.3 Å². The highest BCUT2D eigenvalue weighted by Crippen LogP contribution is 2.29. The maximum atomic E-state index is 12.6. The van der Waals surface area contributed by atoms with Gasteiger partial charge in [0.1, 0.15) is 29.9 Å². The molecule has 0 bridgehead atoms. The molecule has 8 nitrogen and oxygen atoms in total. The number of ether oxygens (including phenoxy) is 1. The van der Waals surface area contributed by atoms with E-state index in [4.69, 9.17) is 4.74 Å². The summed E-state index contributed by atoms with van der Waals surface area (Å²) in [6.07, 6.45) is -1.54. The number of hydrogen-bond donors (Lipinski definition) is 6. The second kappa shape index (κ2) is 9.68. The molecule has 2 heterocycles. The largest absolute Gasteiger partial charge is 0.391 e. The fraction of sp³-hybridized carbons (Fsp3) is 0.941. The molecule has 6 N–H and O–H groups in total. The third-order valence-corrected chi connectivity index (χ3v) is 6.11.